The fourth-order valence-electron chi connectivity index (χ4n) is 0.919. The Morgan fingerprint density at radius 3 is 2.27 bits per heavy atom. The highest BCUT2D eigenvalue weighted by atomic mass is 16.6. The van der Waals surface area contributed by atoms with E-state index in [0.29, 0.717) is 19.9 Å². The van der Waals surface area contributed by atoms with E-state index in [1.54, 1.807) is 4.90 Å². The number of nitrogens with zero attached hydrogens (tertiary/aromatic N) is 1. The summed E-state index contributed by atoms with van der Waals surface area (Å²) in [6, 6.07) is 0. The Morgan fingerprint density at radius 1 is 1.27 bits per heavy atom. The average Bonchev–Trinajstić information content (AvgIpc) is 2.09. The van der Waals surface area contributed by atoms with Gasteiger partial charge in [-0.15, -0.1) is 0 Å². The number of ether oxygens (including phenoxy) is 2. The quantitative estimate of drug-likeness (QED) is 0.525. The van der Waals surface area contributed by atoms with Crippen molar-refractivity contribution in [3.63, 3.8) is 0 Å². The summed E-state index contributed by atoms with van der Waals surface area (Å²) in [7, 11) is 0. The second kappa shape index (κ2) is 6.67. The highest BCUT2D eigenvalue weighted by molar-refractivity contribution is 5.67. The van der Waals surface area contributed by atoms with Crippen molar-refractivity contribution in [3.8, 4) is 0 Å². The van der Waals surface area contributed by atoms with E-state index >= 15 is 0 Å². The first-order valence-electron chi connectivity index (χ1n) is 5.46. The van der Waals surface area contributed by atoms with Crippen molar-refractivity contribution in [3.05, 3.63) is 0 Å². The van der Waals surface area contributed by atoms with Crippen LogP contribution in [0.3, 0.4) is 0 Å². The largest absolute Gasteiger partial charge is 0.444 e. The summed E-state index contributed by atoms with van der Waals surface area (Å²) in [4.78, 5) is 13.2. The topological polar surface area (TPSA) is 38.8 Å². The van der Waals surface area contributed by atoms with Gasteiger partial charge in [0.05, 0.1) is 0 Å². The molecule has 0 aromatic rings. The van der Waals surface area contributed by atoms with Crippen LogP contribution in [0.15, 0.2) is 0 Å². The van der Waals surface area contributed by atoms with Crippen molar-refractivity contribution >= 4 is 6.09 Å². The molecule has 4 heteroatoms. The third kappa shape index (κ3) is 7.19. The van der Waals surface area contributed by atoms with Crippen LogP contribution in [0.2, 0.25) is 0 Å². The van der Waals surface area contributed by atoms with Gasteiger partial charge in [-0.05, 0) is 34.1 Å². The molecule has 0 saturated carbocycles. The number of carbonyl (C=O) groups is 1. The third-order valence-corrected chi connectivity index (χ3v) is 1.63. The molecule has 0 heterocycles. The fraction of sp³-hybridized carbons (Fsp3) is 0.909. The van der Waals surface area contributed by atoms with Gasteiger partial charge in [0.15, 0.2) is 0 Å². The van der Waals surface area contributed by atoms with Crippen LogP contribution in [0, 0.1) is 0 Å². The van der Waals surface area contributed by atoms with E-state index in [1.165, 1.54) is 0 Å². The van der Waals surface area contributed by atoms with E-state index in [-0.39, 0.29) is 6.09 Å². The maximum absolute atomic E-state index is 11.6. The van der Waals surface area contributed by atoms with Gasteiger partial charge in [0.1, 0.15) is 12.3 Å². The van der Waals surface area contributed by atoms with Crippen LogP contribution in [0.25, 0.3) is 0 Å². The van der Waals surface area contributed by atoms with Gasteiger partial charge in [-0.3, -0.25) is 4.90 Å². The standard InChI is InChI=1S/C11H23NO3/c1-6-8-14-9-12(7-2)10(13)15-11(3,4)5/h6-9H2,1-5H3. The van der Waals surface area contributed by atoms with Crippen LogP contribution in [0.5, 0.6) is 0 Å². The molecule has 0 aliphatic heterocycles. The van der Waals surface area contributed by atoms with E-state index in [0.717, 1.165) is 6.42 Å². The zero-order valence-electron chi connectivity index (χ0n) is 10.5. The van der Waals surface area contributed by atoms with Crippen molar-refractivity contribution in [1.82, 2.24) is 4.90 Å². The van der Waals surface area contributed by atoms with Gasteiger partial charge in [-0.2, -0.15) is 0 Å². The number of carbonyl (C=O) groups excluding carboxylic acids is 1. The minimum absolute atomic E-state index is 0.305. The number of rotatable bonds is 5. The molecule has 15 heavy (non-hydrogen) atoms. The Kier molecular flexibility index (Phi) is 6.32. The summed E-state index contributed by atoms with van der Waals surface area (Å²) in [5, 5.41) is 0. The van der Waals surface area contributed by atoms with E-state index in [1.807, 2.05) is 34.6 Å². The van der Waals surface area contributed by atoms with Gasteiger partial charge in [0.25, 0.3) is 0 Å². The lowest BCUT2D eigenvalue weighted by molar-refractivity contribution is -0.0116. The molecule has 0 N–H and O–H groups in total. The van der Waals surface area contributed by atoms with Gasteiger partial charge in [-0.1, -0.05) is 6.92 Å². The van der Waals surface area contributed by atoms with Crippen LogP contribution in [-0.2, 0) is 9.47 Å². The highest BCUT2D eigenvalue weighted by Gasteiger charge is 2.20. The Labute approximate surface area is 92.5 Å². The SMILES string of the molecule is CCCOCN(CC)C(=O)OC(C)(C)C. The minimum Gasteiger partial charge on any atom is -0.444 e. The second-order valence-electron chi connectivity index (χ2n) is 4.37. The monoisotopic (exact) mass is 217 g/mol. The van der Waals surface area contributed by atoms with Gasteiger partial charge in [-0.25, -0.2) is 4.79 Å². The predicted octanol–water partition coefficient (Wildman–Crippen LogP) is 2.63. The Balaban J connectivity index is 3.99. The lowest BCUT2D eigenvalue weighted by atomic mass is 10.2. The fourth-order valence-corrected chi connectivity index (χ4v) is 0.919. The molecule has 0 aromatic carbocycles. The summed E-state index contributed by atoms with van der Waals surface area (Å²) < 4.78 is 10.5. The van der Waals surface area contributed by atoms with Gasteiger partial charge in [0, 0.05) is 13.2 Å². The first-order chi connectivity index (χ1) is 6.90. The molecule has 0 aromatic heterocycles. The van der Waals surface area contributed by atoms with E-state index in [2.05, 4.69) is 0 Å². The molecule has 0 unspecified atom stereocenters. The summed E-state index contributed by atoms with van der Waals surface area (Å²) in [6.45, 7) is 11.1. The molecule has 0 aliphatic rings. The smallest absolute Gasteiger partial charge is 0.412 e. The molecule has 0 saturated heterocycles. The zero-order valence-corrected chi connectivity index (χ0v) is 10.5. The van der Waals surface area contributed by atoms with E-state index in [9.17, 15) is 4.79 Å². The Morgan fingerprint density at radius 2 is 1.87 bits per heavy atom. The highest BCUT2D eigenvalue weighted by Crippen LogP contribution is 2.09. The maximum Gasteiger partial charge on any atom is 0.412 e. The molecule has 0 bridgehead atoms. The van der Waals surface area contributed by atoms with Crippen molar-refractivity contribution in [2.75, 3.05) is 19.9 Å². The van der Waals surface area contributed by atoms with Crippen molar-refractivity contribution in [2.45, 2.75) is 46.6 Å². The molecule has 1 amide bonds. The number of hydrogen-bond donors (Lipinski definition) is 0. The first-order valence-corrected chi connectivity index (χ1v) is 5.46. The average molecular weight is 217 g/mol. The molecule has 0 atom stereocenters. The van der Waals surface area contributed by atoms with Crippen LogP contribution in [0.4, 0.5) is 4.79 Å². The summed E-state index contributed by atoms with van der Waals surface area (Å²) in [5.41, 5.74) is -0.449. The molecular weight excluding hydrogens is 194 g/mol. The molecule has 0 aliphatic carbocycles. The Hall–Kier alpha value is -0.770. The van der Waals surface area contributed by atoms with Crippen LogP contribution >= 0.6 is 0 Å². The minimum atomic E-state index is -0.449. The van der Waals surface area contributed by atoms with Crippen LogP contribution < -0.4 is 0 Å². The normalized spacial score (nSPS) is 11.3. The molecule has 90 valence electrons. The number of amides is 1. The molecular formula is C11H23NO3. The van der Waals surface area contributed by atoms with Gasteiger partial charge >= 0.3 is 6.09 Å². The molecule has 0 radical (unpaired) electrons. The third-order valence-electron chi connectivity index (χ3n) is 1.63. The van der Waals surface area contributed by atoms with Gasteiger partial charge in [0.2, 0.25) is 0 Å². The summed E-state index contributed by atoms with van der Waals surface area (Å²) in [6.07, 6.45) is 0.632. The zero-order chi connectivity index (χ0) is 11.9. The van der Waals surface area contributed by atoms with E-state index < -0.39 is 5.60 Å². The number of hydrogen-bond acceptors (Lipinski definition) is 3. The van der Waals surface area contributed by atoms with Crippen LogP contribution in [0.1, 0.15) is 41.0 Å². The van der Waals surface area contributed by atoms with Crippen molar-refractivity contribution in [2.24, 2.45) is 0 Å². The molecule has 4 nitrogen and oxygen atoms in total. The molecule has 0 spiro atoms. The lowest BCUT2D eigenvalue weighted by Crippen LogP contribution is -2.38. The summed E-state index contributed by atoms with van der Waals surface area (Å²) in [5.74, 6) is 0. The van der Waals surface area contributed by atoms with Crippen molar-refractivity contribution < 1.29 is 14.3 Å². The first kappa shape index (κ1) is 14.2. The molecule has 0 fully saturated rings. The maximum atomic E-state index is 11.6. The van der Waals surface area contributed by atoms with Crippen molar-refractivity contribution in [1.29, 1.82) is 0 Å². The predicted molar refractivity (Wildman–Crippen MR) is 59.7 cm³/mol. The molecule has 0 rings (SSSR count). The Bertz CT molecular complexity index is 187. The van der Waals surface area contributed by atoms with Gasteiger partial charge < -0.3 is 9.47 Å². The van der Waals surface area contributed by atoms with Crippen LogP contribution in [-0.4, -0.2) is 36.5 Å². The van der Waals surface area contributed by atoms with E-state index in [4.69, 9.17) is 9.47 Å². The second-order valence-corrected chi connectivity index (χ2v) is 4.37. The summed E-state index contributed by atoms with van der Waals surface area (Å²) >= 11 is 0. The lowest BCUT2D eigenvalue weighted by Gasteiger charge is -2.26.